The van der Waals surface area contributed by atoms with Gasteiger partial charge in [0.05, 0.1) is 10.8 Å². The molecule has 88 heavy (non-hydrogen) atoms. The fourth-order valence-electron chi connectivity index (χ4n) is 14.7. The highest BCUT2D eigenvalue weighted by Gasteiger charge is 2.50. The number of benzene rings is 10. The fourth-order valence-corrected chi connectivity index (χ4v) is 14.7. The molecule has 4 atom stereocenters. The van der Waals surface area contributed by atoms with Crippen molar-refractivity contribution in [2.45, 2.75) is 51.4 Å². The number of halogens is 4. The van der Waals surface area contributed by atoms with E-state index in [1.54, 1.807) is 9.80 Å². The summed E-state index contributed by atoms with van der Waals surface area (Å²) >= 11 is 0. The Balaban J connectivity index is 0.882. The standard InChI is InChI=1S/C82H64F4N2/c1-7-55-27-35-59(36-28-55)81(71-47-51(3)23-25-53(71)5)69-17-11-9-15-65(69)67-45-43-63(49-73(67)81)87(79-75(83)19-13-20-76(79)84)61-39-31-57(32-40-61)58-33-41-62(42-34-58)88(80-77(85)21-14-22-78(80)86)64-44-46-68-66-16-10-12-18-70(66)82(74(68)50-64,60-37-29-56(8-2)30-38-60)72-48-52(4)24-26-54(72)6/h7-23,25-46,48-52H,1-2,24,47H2,3-6H3/t51-,52?,81?,82?/m1/s1. The minimum atomic E-state index is -0.766. The van der Waals surface area contributed by atoms with Crippen LogP contribution in [0.15, 0.2) is 278 Å². The summed E-state index contributed by atoms with van der Waals surface area (Å²) in [6.45, 7) is 17.0. The van der Waals surface area contributed by atoms with E-state index in [0.717, 1.165) is 90.7 Å². The van der Waals surface area contributed by atoms with Gasteiger partial charge in [-0.3, -0.25) is 0 Å². The van der Waals surface area contributed by atoms with Crippen LogP contribution in [0.5, 0.6) is 0 Å². The normalized spacial score (nSPS) is 18.8. The van der Waals surface area contributed by atoms with Crippen molar-refractivity contribution in [2.24, 2.45) is 11.8 Å². The van der Waals surface area contributed by atoms with Gasteiger partial charge in [-0.2, -0.15) is 0 Å². The molecule has 0 spiro atoms. The van der Waals surface area contributed by atoms with E-state index in [1.165, 1.54) is 58.7 Å². The third-order valence-corrected chi connectivity index (χ3v) is 18.8. The van der Waals surface area contributed by atoms with Gasteiger partial charge in [-0.25, -0.2) is 17.6 Å². The molecule has 10 aromatic rings. The molecular formula is C82H64F4N2. The molecule has 0 aromatic heterocycles. The number of allylic oxidation sites excluding steroid dienone is 8. The highest BCUT2D eigenvalue weighted by atomic mass is 19.1. The Morgan fingerprint density at radius 3 is 1.34 bits per heavy atom. The van der Waals surface area contributed by atoms with E-state index in [-0.39, 0.29) is 23.2 Å². The molecule has 0 saturated heterocycles. The largest absolute Gasteiger partial charge is 0.305 e. The molecule has 6 heteroatoms. The second-order valence-corrected chi connectivity index (χ2v) is 24.0. The summed E-state index contributed by atoms with van der Waals surface area (Å²) in [5, 5.41) is 0. The van der Waals surface area contributed by atoms with Crippen molar-refractivity contribution in [3.63, 3.8) is 0 Å². The molecule has 0 N–H and O–H groups in total. The van der Waals surface area contributed by atoms with Crippen LogP contribution in [0.2, 0.25) is 0 Å². The Morgan fingerprint density at radius 2 is 0.864 bits per heavy atom. The molecule has 14 rings (SSSR count). The zero-order chi connectivity index (χ0) is 60.6. The van der Waals surface area contributed by atoms with E-state index in [0.29, 0.717) is 22.7 Å². The molecule has 0 saturated carbocycles. The summed E-state index contributed by atoms with van der Waals surface area (Å²) in [5.41, 5.74) is 19.7. The monoisotopic (exact) mass is 1150 g/mol. The lowest BCUT2D eigenvalue weighted by atomic mass is 9.63. The Morgan fingerprint density at radius 1 is 0.443 bits per heavy atom. The molecule has 3 unspecified atom stereocenters. The average Bonchev–Trinajstić information content (AvgIpc) is 1.68. The molecule has 430 valence electrons. The van der Waals surface area contributed by atoms with Gasteiger partial charge in [0, 0.05) is 22.7 Å². The van der Waals surface area contributed by atoms with Crippen LogP contribution in [0.1, 0.15) is 85.0 Å². The van der Waals surface area contributed by atoms with E-state index in [4.69, 9.17) is 0 Å². The smallest absolute Gasteiger partial charge is 0.150 e. The summed E-state index contributed by atoms with van der Waals surface area (Å²) in [6, 6.07) is 70.0. The van der Waals surface area contributed by atoms with Crippen LogP contribution in [0.25, 0.3) is 45.5 Å². The third-order valence-electron chi connectivity index (χ3n) is 18.8. The molecule has 4 aliphatic rings. The van der Waals surface area contributed by atoms with Gasteiger partial charge in [0.1, 0.15) is 34.6 Å². The minimum absolute atomic E-state index is 0.198. The maximum absolute atomic E-state index is 16.6. The van der Waals surface area contributed by atoms with E-state index in [2.05, 4.69) is 186 Å². The first-order chi connectivity index (χ1) is 42.8. The lowest BCUT2D eigenvalue weighted by molar-refractivity contribution is 0.585. The Kier molecular flexibility index (Phi) is 14.0. The number of fused-ring (bicyclic) bond motifs is 6. The van der Waals surface area contributed by atoms with Gasteiger partial charge in [-0.1, -0.05) is 220 Å². The molecular weight excluding hydrogens is 1090 g/mol. The highest BCUT2D eigenvalue weighted by molar-refractivity contribution is 5.93. The topological polar surface area (TPSA) is 6.48 Å². The van der Waals surface area contributed by atoms with E-state index in [9.17, 15) is 0 Å². The second-order valence-electron chi connectivity index (χ2n) is 24.0. The first-order valence-corrected chi connectivity index (χ1v) is 30.2. The van der Waals surface area contributed by atoms with Gasteiger partial charge >= 0.3 is 0 Å². The quantitative estimate of drug-likeness (QED) is 0.106. The van der Waals surface area contributed by atoms with E-state index >= 15 is 17.6 Å². The Bertz CT molecular complexity index is 4540. The lowest BCUT2D eigenvalue weighted by Crippen LogP contribution is -2.32. The molecule has 10 aromatic carbocycles. The number of nitrogens with zero attached hydrogens (tertiary/aromatic N) is 2. The van der Waals surface area contributed by atoms with Crippen LogP contribution in [-0.2, 0) is 10.8 Å². The lowest BCUT2D eigenvalue weighted by Gasteiger charge is -2.39. The second kappa shape index (κ2) is 22.0. The zero-order valence-corrected chi connectivity index (χ0v) is 49.6. The van der Waals surface area contributed by atoms with Crippen molar-refractivity contribution < 1.29 is 17.6 Å². The van der Waals surface area contributed by atoms with Crippen LogP contribution in [-0.4, -0.2) is 0 Å². The molecule has 0 amide bonds. The van der Waals surface area contributed by atoms with Gasteiger partial charge in [0.25, 0.3) is 0 Å². The van der Waals surface area contributed by atoms with Crippen LogP contribution in [0.4, 0.5) is 51.7 Å². The average molecular weight is 1150 g/mol. The van der Waals surface area contributed by atoms with Crippen molar-refractivity contribution in [1.82, 2.24) is 0 Å². The minimum Gasteiger partial charge on any atom is -0.305 e. The van der Waals surface area contributed by atoms with Gasteiger partial charge in [-0.15, -0.1) is 0 Å². The molecule has 0 bridgehead atoms. The summed E-state index contributed by atoms with van der Waals surface area (Å²) < 4.78 is 66.4. The van der Waals surface area contributed by atoms with Crippen LogP contribution in [0, 0.1) is 35.1 Å². The van der Waals surface area contributed by atoms with Crippen molar-refractivity contribution in [3.8, 4) is 33.4 Å². The van der Waals surface area contributed by atoms with E-state index < -0.39 is 34.1 Å². The summed E-state index contributed by atoms with van der Waals surface area (Å²) in [5.74, 6) is -2.26. The SMILES string of the molecule is C=Cc1ccc(C2(C3=CC(C)CC=C3C)c3ccccc3-c3ccc(N(c4ccc(-c5ccc(N(c6ccc7c(c6)C(C6=C(C)C=C[C@@H](C)C6)(c6ccc(C=C)cc6)c6ccccc6-7)c6c(F)cccc6F)cc5)cc4)c4c(F)cccc4F)cc32)cc1. The van der Waals surface area contributed by atoms with Crippen LogP contribution in [0.3, 0.4) is 0 Å². The molecule has 4 aliphatic carbocycles. The maximum Gasteiger partial charge on any atom is 0.150 e. The van der Waals surface area contributed by atoms with Crippen molar-refractivity contribution in [1.29, 1.82) is 0 Å². The predicted octanol–water partition coefficient (Wildman–Crippen LogP) is 22.6. The highest BCUT2D eigenvalue weighted by Crippen LogP contribution is 2.62. The molecule has 0 aliphatic heterocycles. The predicted molar refractivity (Wildman–Crippen MR) is 356 cm³/mol. The van der Waals surface area contributed by atoms with Gasteiger partial charge in [0.15, 0.2) is 0 Å². The first-order valence-electron chi connectivity index (χ1n) is 30.2. The van der Waals surface area contributed by atoms with Crippen LogP contribution >= 0.6 is 0 Å². The Hall–Kier alpha value is -10.0. The summed E-state index contributed by atoms with van der Waals surface area (Å²) in [4.78, 5) is 3.36. The number of para-hydroxylation sites is 2. The number of hydrogen-bond donors (Lipinski definition) is 0. The number of anilines is 6. The molecule has 0 fully saturated rings. The van der Waals surface area contributed by atoms with Gasteiger partial charge in [0.2, 0.25) is 0 Å². The number of hydrogen-bond acceptors (Lipinski definition) is 2. The zero-order valence-electron chi connectivity index (χ0n) is 49.6. The fraction of sp³-hybridized carbons (Fsp3) is 0.122. The van der Waals surface area contributed by atoms with Crippen molar-refractivity contribution in [3.05, 3.63) is 346 Å². The third kappa shape index (κ3) is 8.82. The molecule has 2 nitrogen and oxygen atoms in total. The van der Waals surface area contributed by atoms with Crippen molar-refractivity contribution >= 4 is 46.3 Å². The van der Waals surface area contributed by atoms with Gasteiger partial charge in [-0.05, 0) is 200 Å². The Labute approximate surface area is 513 Å². The maximum atomic E-state index is 16.6. The number of rotatable bonds is 13. The summed E-state index contributed by atoms with van der Waals surface area (Å²) in [7, 11) is 0. The van der Waals surface area contributed by atoms with Crippen molar-refractivity contribution in [2.75, 3.05) is 9.80 Å². The molecule has 0 radical (unpaired) electrons. The summed E-state index contributed by atoms with van der Waals surface area (Å²) in [6.07, 6.45) is 14.7. The van der Waals surface area contributed by atoms with E-state index in [1.807, 2.05) is 72.8 Å². The molecule has 0 heterocycles. The first kappa shape index (κ1) is 55.8. The van der Waals surface area contributed by atoms with Crippen LogP contribution < -0.4 is 9.80 Å². The van der Waals surface area contributed by atoms with Gasteiger partial charge < -0.3 is 9.80 Å².